The van der Waals surface area contributed by atoms with Gasteiger partial charge in [0.25, 0.3) is 5.78 Å². The SMILES string of the molecule is CC(C)CCC[C@@H](C)[C@H]1CCC2C3CC=C4CC([C@H](C(=O)O)C(=O)C(=O)O)CC[C@]4(C)C3CC[C@@]21C. The number of rotatable bonds is 9. The minimum absolute atomic E-state index is 0.0526. The Kier molecular flexibility index (Phi) is 7.80. The van der Waals surface area contributed by atoms with Gasteiger partial charge in [-0.3, -0.25) is 9.59 Å². The second-order valence-corrected chi connectivity index (χ2v) is 13.8. The minimum atomic E-state index is -1.63. The van der Waals surface area contributed by atoms with E-state index in [0.29, 0.717) is 30.1 Å². The largest absolute Gasteiger partial charge is 0.481 e. The summed E-state index contributed by atoms with van der Waals surface area (Å²) in [6.07, 6.45) is 14.7. The van der Waals surface area contributed by atoms with Crippen LogP contribution in [0.3, 0.4) is 0 Å². The molecule has 0 spiro atoms. The molecule has 3 saturated carbocycles. The smallest absolute Gasteiger partial charge is 0.373 e. The molecule has 0 heterocycles. The molecule has 0 aromatic rings. The number of aliphatic carboxylic acids is 2. The Balaban J connectivity index is 1.50. The Morgan fingerprint density at radius 3 is 2.33 bits per heavy atom. The first-order chi connectivity index (χ1) is 16.9. The van der Waals surface area contributed by atoms with E-state index >= 15 is 0 Å². The standard InChI is InChI=1S/C31H48O5/c1-18(2)7-6-8-19(3)23-11-12-24-22-10-9-21-17-20(26(28(33)34)27(32)29(35)36)13-15-30(21,4)25(22)14-16-31(23,24)5/h9,18-20,22-26H,6-8,10-17H2,1-5H3,(H,33,34)(H,35,36)/t19-,20?,22?,23-,24?,25?,26+,30+,31-/m1/s1. The van der Waals surface area contributed by atoms with Crippen LogP contribution in [0.4, 0.5) is 0 Å². The van der Waals surface area contributed by atoms with E-state index in [-0.39, 0.29) is 5.41 Å². The monoisotopic (exact) mass is 500 g/mol. The first-order valence-electron chi connectivity index (χ1n) is 14.6. The Labute approximate surface area is 217 Å². The molecule has 0 bridgehead atoms. The average Bonchev–Trinajstić information content (AvgIpc) is 3.16. The van der Waals surface area contributed by atoms with Crippen molar-refractivity contribution in [3.8, 4) is 0 Å². The summed E-state index contributed by atoms with van der Waals surface area (Å²) in [6, 6.07) is 0. The first-order valence-corrected chi connectivity index (χ1v) is 14.6. The fourth-order valence-electron chi connectivity index (χ4n) is 9.66. The number of carbonyl (C=O) groups excluding carboxylic acids is 1. The molecule has 0 radical (unpaired) electrons. The lowest BCUT2D eigenvalue weighted by Gasteiger charge is -2.58. The fraction of sp³-hybridized carbons (Fsp3) is 0.839. The highest BCUT2D eigenvalue weighted by Gasteiger charge is 2.59. The lowest BCUT2D eigenvalue weighted by atomic mass is 9.46. The summed E-state index contributed by atoms with van der Waals surface area (Å²) in [6.45, 7) is 12.1. The van der Waals surface area contributed by atoms with Gasteiger partial charge in [0, 0.05) is 0 Å². The number of hydrogen-bond donors (Lipinski definition) is 2. The molecular weight excluding hydrogens is 452 g/mol. The summed E-state index contributed by atoms with van der Waals surface area (Å²) in [5.41, 5.74) is 1.78. The zero-order valence-electron chi connectivity index (χ0n) is 23.1. The van der Waals surface area contributed by atoms with Gasteiger partial charge in [0.2, 0.25) is 0 Å². The fourth-order valence-corrected chi connectivity index (χ4v) is 9.66. The third-order valence-electron chi connectivity index (χ3n) is 11.6. The van der Waals surface area contributed by atoms with Gasteiger partial charge in [0.05, 0.1) is 0 Å². The predicted octanol–water partition coefficient (Wildman–Crippen LogP) is 7.00. The third kappa shape index (κ3) is 4.69. The van der Waals surface area contributed by atoms with Crippen molar-refractivity contribution in [2.75, 3.05) is 0 Å². The molecular formula is C31H48O5. The van der Waals surface area contributed by atoms with E-state index in [2.05, 4.69) is 40.7 Å². The van der Waals surface area contributed by atoms with Crippen LogP contribution in [0.1, 0.15) is 105 Å². The number of hydrogen-bond acceptors (Lipinski definition) is 3. The van der Waals surface area contributed by atoms with Crippen molar-refractivity contribution in [2.45, 2.75) is 105 Å². The van der Waals surface area contributed by atoms with Gasteiger partial charge >= 0.3 is 11.9 Å². The highest BCUT2D eigenvalue weighted by molar-refractivity contribution is 6.37. The third-order valence-corrected chi connectivity index (χ3v) is 11.6. The van der Waals surface area contributed by atoms with Gasteiger partial charge < -0.3 is 10.2 Å². The maximum absolute atomic E-state index is 12.2. The molecule has 9 atom stereocenters. The maximum Gasteiger partial charge on any atom is 0.373 e. The van der Waals surface area contributed by atoms with Crippen molar-refractivity contribution in [1.82, 2.24) is 0 Å². The van der Waals surface area contributed by atoms with Crippen LogP contribution in [0.2, 0.25) is 0 Å². The number of ketones is 1. The molecule has 4 aliphatic rings. The lowest BCUT2D eigenvalue weighted by Crippen LogP contribution is -2.51. The molecule has 0 aromatic carbocycles. The molecule has 0 aromatic heterocycles. The van der Waals surface area contributed by atoms with E-state index in [4.69, 9.17) is 0 Å². The van der Waals surface area contributed by atoms with Crippen LogP contribution >= 0.6 is 0 Å². The number of carboxylic acid groups (broad SMARTS) is 2. The molecule has 0 saturated heterocycles. The van der Waals surface area contributed by atoms with Gasteiger partial charge in [-0.2, -0.15) is 0 Å². The highest BCUT2D eigenvalue weighted by atomic mass is 16.4. The summed E-state index contributed by atoms with van der Waals surface area (Å²) in [4.78, 5) is 35.3. The average molecular weight is 501 g/mol. The van der Waals surface area contributed by atoms with Crippen molar-refractivity contribution in [2.24, 2.45) is 58.2 Å². The summed E-state index contributed by atoms with van der Waals surface area (Å²) >= 11 is 0. The molecule has 4 aliphatic carbocycles. The first kappa shape index (κ1) is 27.4. The zero-order chi connectivity index (χ0) is 26.4. The second kappa shape index (κ2) is 10.3. The van der Waals surface area contributed by atoms with Crippen molar-refractivity contribution in [1.29, 1.82) is 0 Å². The quantitative estimate of drug-likeness (QED) is 0.202. The molecule has 36 heavy (non-hydrogen) atoms. The van der Waals surface area contributed by atoms with E-state index in [9.17, 15) is 24.6 Å². The van der Waals surface area contributed by atoms with Gasteiger partial charge in [-0.25, -0.2) is 4.79 Å². The Morgan fingerprint density at radius 1 is 0.972 bits per heavy atom. The Hall–Kier alpha value is -1.65. The normalized spacial score (nSPS) is 39.4. The van der Waals surface area contributed by atoms with Crippen molar-refractivity contribution >= 4 is 17.7 Å². The summed E-state index contributed by atoms with van der Waals surface area (Å²) in [5, 5.41) is 18.9. The molecule has 3 fully saturated rings. The number of carbonyl (C=O) groups is 3. The molecule has 0 aliphatic heterocycles. The molecule has 2 N–H and O–H groups in total. The van der Waals surface area contributed by atoms with E-state index in [1.807, 2.05) is 0 Å². The number of allylic oxidation sites excluding steroid dienone is 2. The topological polar surface area (TPSA) is 91.7 Å². The van der Waals surface area contributed by atoms with Crippen LogP contribution < -0.4 is 0 Å². The van der Waals surface area contributed by atoms with Crippen LogP contribution in [0.15, 0.2) is 11.6 Å². The maximum atomic E-state index is 12.2. The van der Waals surface area contributed by atoms with Crippen molar-refractivity contribution < 1.29 is 24.6 Å². The van der Waals surface area contributed by atoms with E-state index in [1.54, 1.807) is 0 Å². The predicted molar refractivity (Wildman–Crippen MR) is 140 cm³/mol. The Morgan fingerprint density at radius 2 is 1.69 bits per heavy atom. The minimum Gasteiger partial charge on any atom is -0.481 e. The zero-order valence-corrected chi connectivity index (χ0v) is 23.1. The van der Waals surface area contributed by atoms with Crippen LogP contribution in [0.5, 0.6) is 0 Å². The van der Waals surface area contributed by atoms with Crippen LogP contribution in [-0.4, -0.2) is 27.9 Å². The molecule has 4 rings (SSSR count). The van der Waals surface area contributed by atoms with Crippen LogP contribution in [-0.2, 0) is 14.4 Å². The van der Waals surface area contributed by atoms with Gasteiger partial charge in [0.1, 0.15) is 5.92 Å². The molecule has 0 amide bonds. The number of Topliss-reactive ketones (excluding diaryl/α,β-unsaturated/α-hetero) is 1. The molecule has 5 nitrogen and oxygen atoms in total. The lowest BCUT2D eigenvalue weighted by molar-refractivity contribution is -0.159. The van der Waals surface area contributed by atoms with Crippen LogP contribution in [0, 0.1) is 58.2 Å². The van der Waals surface area contributed by atoms with Gasteiger partial charge in [-0.05, 0) is 104 Å². The van der Waals surface area contributed by atoms with Gasteiger partial charge in [0.15, 0.2) is 0 Å². The second-order valence-electron chi connectivity index (χ2n) is 13.8. The van der Waals surface area contributed by atoms with E-state index < -0.39 is 29.6 Å². The number of carboxylic acids is 2. The number of fused-ring (bicyclic) bond motifs is 5. The van der Waals surface area contributed by atoms with E-state index in [1.165, 1.54) is 50.5 Å². The Bertz CT molecular complexity index is 905. The summed E-state index contributed by atoms with van der Waals surface area (Å²) in [5.74, 6) is -1.48. The summed E-state index contributed by atoms with van der Waals surface area (Å²) < 4.78 is 0. The van der Waals surface area contributed by atoms with Crippen LogP contribution in [0.25, 0.3) is 0 Å². The molecule has 5 heteroatoms. The molecule has 202 valence electrons. The van der Waals surface area contributed by atoms with Crippen molar-refractivity contribution in [3.63, 3.8) is 0 Å². The summed E-state index contributed by atoms with van der Waals surface area (Å²) in [7, 11) is 0. The van der Waals surface area contributed by atoms with Gasteiger partial charge in [-0.15, -0.1) is 0 Å². The molecule has 4 unspecified atom stereocenters. The van der Waals surface area contributed by atoms with Gasteiger partial charge in [-0.1, -0.05) is 65.5 Å². The van der Waals surface area contributed by atoms with E-state index in [0.717, 1.165) is 36.5 Å². The highest BCUT2D eigenvalue weighted by Crippen LogP contribution is 2.67. The van der Waals surface area contributed by atoms with Crippen molar-refractivity contribution in [3.05, 3.63) is 11.6 Å².